The first-order valence-electron chi connectivity index (χ1n) is 3.62. The van der Waals surface area contributed by atoms with Crippen molar-refractivity contribution in [2.45, 2.75) is 13.3 Å². The van der Waals surface area contributed by atoms with E-state index in [0.29, 0.717) is 0 Å². The number of rotatable bonds is 3. The molecule has 1 aliphatic heterocycles. The molecular weight excluding hydrogens is 174 g/mol. The molecule has 1 nitrogen and oxygen atoms in total. The zero-order chi connectivity index (χ0) is 7.94. The molecule has 0 unspecified atom stereocenters. The zero-order valence-corrected chi connectivity index (χ0v) is 8.12. The zero-order valence-electron chi connectivity index (χ0n) is 6.49. The minimum Gasteiger partial charge on any atom is -0.253 e. The van der Waals surface area contributed by atoms with E-state index in [-0.39, 0.29) is 0 Å². The van der Waals surface area contributed by atoms with Gasteiger partial charge in [0.05, 0.1) is 0 Å². The van der Waals surface area contributed by atoms with E-state index in [9.17, 15) is 0 Å². The highest BCUT2D eigenvalue weighted by Gasteiger charge is 1.94. The lowest BCUT2D eigenvalue weighted by molar-refractivity contribution is 1.49. The minimum absolute atomic E-state index is 0.956. The molecular formula is C8H11NS2. The highest BCUT2D eigenvalue weighted by molar-refractivity contribution is 8.78. The fourth-order valence-electron chi connectivity index (χ4n) is 0.644. The Bertz CT molecular complexity index is 194. The van der Waals surface area contributed by atoms with Crippen molar-refractivity contribution in [3.05, 3.63) is 23.3 Å². The Hall–Kier alpha value is -0.150. The van der Waals surface area contributed by atoms with Crippen molar-refractivity contribution in [1.29, 1.82) is 0 Å². The van der Waals surface area contributed by atoms with Crippen LogP contribution < -0.4 is 0 Å². The fourth-order valence-corrected chi connectivity index (χ4v) is 2.15. The van der Waals surface area contributed by atoms with Crippen LogP contribution in [-0.4, -0.2) is 12.0 Å². The summed E-state index contributed by atoms with van der Waals surface area (Å²) in [7, 11) is 3.56. The SMILES string of the molecule is CCSSC1=CC=CCC=N1. The first-order valence-corrected chi connectivity index (χ1v) is 5.94. The van der Waals surface area contributed by atoms with Gasteiger partial charge in [-0.05, 0) is 16.9 Å². The number of hydrogen-bond donors (Lipinski definition) is 0. The minimum atomic E-state index is 0.956. The molecule has 0 saturated carbocycles. The second-order valence-corrected chi connectivity index (χ2v) is 4.58. The van der Waals surface area contributed by atoms with Crippen LogP contribution in [0.5, 0.6) is 0 Å². The molecule has 0 N–H and O–H groups in total. The predicted molar refractivity (Wildman–Crippen MR) is 56.1 cm³/mol. The molecule has 0 aromatic rings. The van der Waals surface area contributed by atoms with E-state index in [1.807, 2.05) is 17.0 Å². The van der Waals surface area contributed by atoms with Gasteiger partial charge in [0.15, 0.2) is 0 Å². The maximum Gasteiger partial charge on any atom is 0.106 e. The van der Waals surface area contributed by atoms with E-state index in [0.717, 1.165) is 17.2 Å². The summed E-state index contributed by atoms with van der Waals surface area (Å²) < 4.78 is 0. The Morgan fingerprint density at radius 3 is 3.36 bits per heavy atom. The standard InChI is InChI=1S/C8H11NS2/c1-2-10-11-8-6-4-3-5-7-9-8/h3-4,6-7H,2,5H2,1H3. The fraction of sp³-hybridized carbons (Fsp3) is 0.375. The monoisotopic (exact) mass is 185 g/mol. The molecule has 0 aromatic heterocycles. The molecule has 0 bridgehead atoms. The number of nitrogens with zero attached hydrogens (tertiary/aromatic N) is 1. The summed E-state index contributed by atoms with van der Waals surface area (Å²) in [6.07, 6.45) is 9.12. The summed E-state index contributed by atoms with van der Waals surface area (Å²) in [6, 6.07) is 0. The summed E-state index contributed by atoms with van der Waals surface area (Å²) in [5.41, 5.74) is 0. The summed E-state index contributed by atoms with van der Waals surface area (Å²) in [5.74, 6) is 1.13. The Balaban J connectivity index is 2.42. The van der Waals surface area contributed by atoms with Crippen LogP contribution in [0, 0.1) is 0 Å². The molecule has 0 aromatic carbocycles. The van der Waals surface area contributed by atoms with Crippen molar-refractivity contribution in [2.24, 2.45) is 4.99 Å². The van der Waals surface area contributed by atoms with Gasteiger partial charge in [-0.1, -0.05) is 29.9 Å². The van der Waals surface area contributed by atoms with Gasteiger partial charge in [0.25, 0.3) is 0 Å². The third kappa shape index (κ3) is 3.68. The van der Waals surface area contributed by atoms with Crippen molar-refractivity contribution < 1.29 is 0 Å². The molecule has 1 aliphatic rings. The van der Waals surface area contributed by atoms with Gasteiger partial charge in [-0.3, -0.25) is 4.99 Å². The Labute approximate surface area is 75.5 Å². The van der Waals surface area contributed by atoms with E-state index >= 15 is 0 Å². The van der Waals surface area contributed by atoms with Crippen molar-refractivity contribution in [2.75, 3.05) is 5.75 Å². The second-order valence-electron chi connectivity index (χ2n) is 1.97. The van der Waals surface area contributed by atoms with Gasteiger partial charge >= 0.3 is 0 Å². The lowest BCUT2D eigenvalue weighted by Gasteiger charge is -1.95. The Morgan fingerprint density at radius 2 is 2.55 bits per heavy atom. The predicted octanol–water partition coefficient (Wildman–Crippen LogP) is 3.26. The van der Waals surface area contributed by atoms with Crippen molar-refractivity contribution in [3.8, 4) is 0 Å². The van der Waals surface area contributed by atoms with Gasteiger partial charge in [0.1, 0.15) is 5.03 Å². The van der Waals surface area contributed by atoms with Gasteiger partial charge in [0, 0.05) is 18.4 Å². The smallest absolute Gasteiger partial charge is 0.106 e. The van der Waals surface area contributed by atoms with Gasteiger partial charge in [-0.25, -0.2) is 0 Å². The number of aliphatic imine (C=N–C) groups is 1. The van der Waals surface area contributed by atoms with Crippen molar-refractivity contribution in [3.63, 3.8) is 0 Å². The normalized spacial score (nSPS) is 16.3. The molecule has 0 aliphatic carbocycles. The molecule has 0 saturated heterocycles. The molecule has 0 spiro atoms. The van der Waals surface area contributed by atoms with E-state index < -0.39 is 0 Å². The third-order valence-electron chi connectivity index (χ3n) is 1.10. The van der Waals surface area contributed by atoms with E-state index in [1.54, 1.807) is 10.8 Å². The lowest BCUT2D eigenvalue weighted by atomic mass is 10.4. The van der Waals surface area contributed by atoms with Crippen LogP contribution in [-0.2, 0) is 0 Å². The van der Waals surface area contributed by atoms with Crippen LogP contribution in [0.1, 0.15) is 13.3 Å². The largest absolute Gasteiger partial charge is 0.253 e. The Morgan fingerprint density at radius 1 is 1.64 bits per heavy atom. The highest BCUT2D eigenvalue weighted by atomic mass is 33.1. The van der Waals surface area contributed by atoms with Crippen molar-refractivity contribution >= 4 is 27.8 Å². The molecule has 11 heavy (non-hydrogen) atoms. The lowest BCUT2D eigenvalue weighted by Crippen LogP contribution is -1.69. The van der Waals surface area contributed by atoms with Crippen LogP contribution in [0.2, 0.25) is 0 Å². The first-order chi connectivity index (χ1) is 5.43. The summed E-state index contributed by atoms with van der Waals surface area (Å²) in [4.78, 5) is 4.28. The molecule has 0 atom stereocenters. The molecule has 0 amide bonds. The van der Waals surface area contributed by atoms with Crippen LogP contribution >= 0.6 is 21.6 Å². The quantitative estimate of drug-likeness (QED) is 0.626. The maximum atomic E-state index is 4.28. The highest BCUT2D eigenvalue weighted by Crippen LogP contribution is 2.30. The first kappa shape index (κ1) is 8.94. The third-order valence-corrected chi connectivity index (χ3v) is 3.44. The van der Waals surface area contributed by atoms with Crippen LogP contribution in [0.15, 0.2) is 28.2 Å². The molecule has 0 fully saturated rings. The van der Waals surface area contributed by atoms with E-state index in [4.69, 9.17) is 0 Å². The van der Waals surface area contributed by atoms with E-state index in [1.165, 1.54) is 0 Å². The van der Waals surface area contributed by atoms with Gasteiger partial charge < -0.3 is 0 Å². The molecule has 3 heteroatoms. The topological polar surface area (TPSA) is 12.4 Å². The number of allylic oxidation sites excluding steroid dienone is 3. The summed E-state index contributed by atoms with van der Waals surface area (Å²) >= 11 is 0. The second kappa shape index (κ2) is 5.49. The molecule has 1 rings (SSSR count). The molecule has 1 heterocycles. The van der Waals surface area contributed by atoms with Crippen molar-refractivity contribution in [1.82, 2.24) is 0 Å². The maximum absolute atomic E-state index is 4.28. The summed E-state index contributed by atoms with van der Waals surface area (Å²) in [6.45, 7) is 2.15. The van der Waals surface area contributed by atoms with Gasteiger partial charge in [0.2, 0.25) is 0 Å². The number of hydrogen-bond acceptors (Lipinski definition) is 3. The molecule has 60 valence electrons. The van der Waals surface area contributed by atoms with E-state index in [2.05, 4.69) is 30.1 Å². The summed E-state index contributed by atoms with van der Waals surface area (Å²) in [5, 5.41) is 1.10. The average Bonchev–Trinajstić information content (AvgIpc) is 2.28. The van der Waals surface area contributed by atoms with Gasteiger partial charge in [-0.15, -0.1) is 0 Å². The van der Waals surface area contributed by atoms with Gasteiger partial charge in [-0.2, -0.15) is 0 Å². The van der Waals surface area contributed by atoms with Crippen LogP contribution in [0.4, 0.5) is 0 Å². The average molecular weight is 185 g/mol. The molecule has 0 radical (unpaired) electrons. The van der Waals surface area contributed by atoms with Crippen LogP contribution in [0.25, 0.3) is 0 Å². The Kier molecular flexibility index (Phi) is 4.47. The van der Waals surface area contributed by atoms with Crippen LogP contribution in [0.3, 0.4) is 0 Å².